The van der Waals surface area contributed by atoms with Crippen molar-refractivity contribution in [3.05, 3.63) is 57.8 Å². The number of hydrogen-bond acceptors (Lipinski definition) is 4. The highest BCUT2D eigenvalue weighted by molar-refractivity contribution is 7.10. The van der Waals surface area contributed by atoms with E-state index in [1.807, 2.05) is 11.3 Å². The fraction of sp³-hybridized carbons (Fsp3) is 0.524. The molecule has 4 heteroatoms. The standard InChI is InChI=1S/C12H20N2S.C9H11N/c1-14(2)12(11-4-3-9-15-11)7-5-10(13)6-8-12;10-9-6-5-7-3-1-2-4-8(7)9/h3-4,9-10H,5-8,13H2,1-2H3;1-4,9H,5-6,10H2. The van der Waals surface area contributed by atoms with Gasteiger partial charge in [-0.3, -0.25) is 4.90 Å². The average molecular weight is 358 g/mol. The van der Waals surface area contributed by atoms with Gasteiger partial charge in [-0.1, -0.05) is 30.3 Å². The Hall–Kier alpha value is -1.20. The largest absolute Gasteiger partial charge is 0.328 e. The maximum Gasteiger partial charge on any atom is 0.0549 e. The molecule has 0 saturated heterocycles. The molecular weight excluding hydrogens is 326 g/mol. The molecule has 1 unspecified atom stereocenters. The summed E-state index contributed by atoms with van der Waals surface area (Å²) in [5, 5.41) is 2.18. The van der Waals surface area contributed by atoms with Gasteiger partial charge in [-0.15, -0.1) is 11.3 Å². The van der Waals surface area contributed by atoms with Crippen LogP contribution in [-0.4, -0.2) is 25.0 Å². The molecule has 0 radical (unpaired) electrons. The van der Waals surface area contributed by atoms with E-state index in [-0.39, 0.29) is 5.54 Å². The van der Waals surface area contributed by atoms with Gasteiger partial charge in [0.15, 0.2) is 0 Å². The fourth-order valence-corrected chi connectivity index (χ4v) is 5.23. The van der Waals surface area contributed by atoms with Gasteiger partial charge in [-0.2, -0.15) is 0 Å². The zero-order valence-corrected chi connectivity index (χ0v) is 16.3. The molecule has 2 aromatic rings. The Morgan fingerprint density at radius 1 is 1.00 bits per heavy atom. The highest BCUT2D eigenvalue weighted by atomic mass is 32.1. The van der Waals surface area contributed by atoms with E-state index in [2.05, 4.69) is 60.8 Å². The van der Waals surface area contributed by atoms with Crippen molar-refractivity contribution in [2.45, 2.75) is 56.1 Å². The maximum atomic E-state index is 5.99. The Kier molecular flexibility index (Phi) is 5.95. The second kappa shape index (κ2) is 8.00. The molecule has 1 heterocycles. The molecule has 4 N–H and O–H groups in total. The first-order chi connectivity index (χ1) is 12.0. The van der Waals surface area contributed by atoms with Crippen LogP contribution >= 0.6 is 11.3 Å². The van der Waals surface area contributed by atoms with E-state index in [0.29, 0.717) is 12.1 Å². The summed E-state index contributed by atoms with van der Waals surface area (Å²) in [5.41, 5.74) is 14.9. The Labute approximate surface area is 156 Å². The second-order valence-corrected chi connectivity index (χ2v) is 8.53. The number of hydrogen-bond donors (Lipinski definition) is 2. The lowest BCUT2D eigenvalue weighted by atomic mass is 9.78. The number of rotatable bonds is 2. The Morgan fingerprint density at radius 2 is 1.72 bits per heavy atom. The van der Waals surface area contributed by atoms with Gasteiger partial charge in [-0.25, -0.2) is 0 Å². The lowest BCUT2D eigenvalue weighted by Crippen LogP contribution is -2.46. The van der Waals surface area contributed by atoms with Crippen molar-refractivity contribution in [2.24, 2.45) is 11.5 Å². The predicted octanol–water partition coefficient (Wildman–Crippen LogP) is 4.04. The quantitative estimate of drug-likeness (QED) is 0.853. The van der Waals surface area contributed by atoms with Crippen LogP contribution in [0.2, 0.25) is 0 Å². The summed E-state index contributed by atoms with van der Waals surface area (Å²) in [4.78, 5) is 3.88. The number of nitrogens with two attached hydrogens (primary N) is 2. The van der Waals surface area contributed by atoms with Gasteiger partial charge in [0.2, 0.25) is 0 Å². The zero-order chi connectivity index (χ0) is 17.9. The van der Waals surface area contributed by atoms with Crippen molar-refractivity contribution in [2.75, 3.05) is 14.1 Å². The molecule has 25 heavy (non-hydrogen) atoms. The minimum Gasteiger partial charge on any atom is -0.328 e. The third-order valence-corrected chi connectivity index (χ3v) is 6.94. The summed E-state index contributed by atoms with van der Waals surface area (Å²) in [6, 6.07) is 13.6. The van der Waals surface area contributed by atoms with Crippen LogP contribution in [-0.2, 0) is 12.0 Å². The molecule has 1 saturated carbocycles. The topological polar surface area (TPSA) is 55.3 Å². The number of fused-ring (bicyclic) bond motifs is 1. The first-order valence-electron chi connectivity index (χ1n) is 9.33. The summed E-state index contributed by atoms with van der Waals surface area (Å²) in [6.45, 7) is 0. The third-order valence-electron chi connectivity index (χ3n) is 5.87. The van der Waals surface area contributed by atoms with Gasteiger partial charge in [0.25, 0.3) is 0 Å². The van der Waals surface area contributed by atoms with Gasteiger partial charge >= 0.3 is 0 Å². The number of nitrogens with zero attached hydrogens (tertiary/aromatic N) is 1. The van der Waals surface area contributed by atoms with E-state index in [9.17, 15) is 0 Å². The van der Waals surface area contributed by atoms with E-state index >= 15 is 0 Å². The highest BCUT2D eigenvalue weighted by Gasteiger charge is 2.38. The lowest BCUT2D eigenvalue weighted by Gasteiger charge is -2.44. The van der Waals surface area contributed by atoms with Crippen molar-refractivity contribution in [3.8, 4) is 0 Å². The molecule has 1 aromatic heterocycles. The summed E-state index contributed by atoms with van der Waals surface area (Å²) >= 11 is 1.88. The molecule has 0 aliphatic heterocycles. The van der Waals surface area contributed by atoms with E-state index in [1.165, 1.54) is 28.8 Å². The third kappa shape index (κ3) is 3.98. The van der Waals surface area contributed by atoms with E-state index in [0.717, 1.165) is 25.7 Å². The molecule has 0 bridgehead atoms. The first kappa shape index (κ1) is 18.6. The number of aryl methyl sites for hydroxylation is 1. The molecule has 1 fully saturated rings. The van der Waals surface area contributed by atoms with Crippen molar-refractivity contribution >= 4 is 11.3 Å². The van der Waals surface area contributed by atoms with Crippen LogP contribution in [0, 0.1) is 0 Å². The van der Waals surface area contributed by atoms with E-state index in [1.54, 1.807) is 0 Å². The van der Waals surface area contributed by atoms with Gasteiger partial charge in [0.05, 0.1) is 5.54 Å². The van der Waals surface area contributed by atoms with Gasteiger partial charge < -0.3 is 11.5 Å². The van der Waals surface area contributed by atoms with Gasteiger partial charge in [-0.05, 0) is 75.2 Å². The Morgan fingerprint density at radius 3 is 2.32 bits per heavy atom. The molecule has 4 rings (SSSR count). The van der Waals surface area contributed by atoms with Gasteiger partial charge in [0.1, 0.15) is 0 Å². The van der Waals surface area contributed by atoms with Crippen LogP contribution in [0.5, 0.6) is 0 Å². The smallest absolute Gasteiger partial charge is 0.0549 e. The molecule has 1 atom stereocenters. The van der Waals surface area contributed by atoms with Crippen LogP contribution in [0.25, 0.3) is 0 Å². The SMILES string of the molecule is CN(C)C1(c2cccs2)CCC(N)CC1.NC1CCc2ccccc21. The van der Waals surface area contributed by atoms with Crippen molar-refractivity contribution in [1.82, 2.24) is 4.90 Å². The predicted molar refractivity (Wildman–Crippen MR) is 108 cm³/mol. The van der Waals surface area contributed by atoms with Crippen LogP contribution in [0.3, 0.4) is 0 Å². The summed E-state index contributed by atoms with van der Waals surface area (Å²) < 4.78 is 0. The summed E-state index contributed by atoms with van der Waals surface area (Å²) in [7, 11) is 4.38. The minimum atomic E-state index is 0.254. The molecule has 136 valence electrons. The van der Waals surface area contributed by atoms with E-state index in [4.69, 9.17) is 11.5 Å². The lowest BCUT2D eigenvalue weighted by molar-refractivity contribution is 0.0955. The van der Waals surface area contributed by atoms with Crippen LogP contribution in [0.1, 0.15) is 54.1 Å². The highest BCUT2D eigenvalue weighted by Crippen LogP contribution is 2.42. The minimum absolute atomic E-state index is 0.254. The molecule has 0 spiro atoms. The van der Waals surface area contributed by atoms with E-state index < -0.39 is 0 Å². The average Bonchev–Trinajstić information content (AvgIpc) is 3.27. The molecule has 2 aliphatic carbocycles. The van der Waals surface area contributed by atoms with Crippen molar-refractivity contribution in [1.29, 1.82) is 0 Å². The van der Waals surface area contributed by atoms with Crippen molar-refractivity contribution in [3.63, 3.8) is 0 Å². The number of thiophene rings is 1. The van der Waals surface area contributed by atoms with Crippen molar-refractivity contribution < 1.29 is 0 Å². The monoisotopic (exact) mass is 357 g/mol. The first-order valence-corrected chi connectivity index (χ1v) is 10.2. The molecular formula is C21H31N3S. The van der Waals surface area contributed by atoms with Crippen LogP contribution in [0.4, 0.5) is 0 Å². The van der Waals surface area contributed by atoms with Crippen LogP contribution < -0.4 is 11.5 Å². The Bertz CT molecular complexity index is 658. The molecule has 2 aliphatic rings. The number of benzene rings is 1. The molecule has 1 aromatic carbocycles. The van der Waals surface area contributed by atoms with Crippen LogP contribution in [0.15, 0.2) is 41.8 Å². The second-order valence-electron chi connectivity index (χ2n) is 7.58. The zero-order valence-electron chi connectivity index (χ0n) is 15.4. The van der Waals surface area contributed by atoms with Gasteiger partial charge in [0, 0.05) is 17.0 Å². The molecule has 3 nitrogen and oxygen atoms in total. The fourth-order valence-electron chi connectivity index (χ4n) is 4.17. The summed E-state index contributed by atoms with van der Waals surface area (Å²) in [5.74, 6) is 0. The summed E-state index contributed by atoms with van der Waals surface area (Å²) in [6.07, 6.45) is 6.98. The molecule has 0 amide bonds. The Balaban J connectivity index is 0.000000157. The normalized spacial score (nSPS) is 28.4. The maximum absolute atomic E-state index is 5.99.